The summed E-state index contributed by atoms with van der Waals surface area (Å²) in [7, 11) is 0. The summed E-state index contributed by atoms with van der Waals surface area (Å²) in [5.41, 5.74) is 1.35. The molecule has 3 aromatic rings. The smallest absolute Gasteiger partial charge is 0.267 e. The van der Waals surface area contributed by atoms with E-state index in [0.29, 0.717) is 17.6 Å². The van der Waals surface area contributed by atoms with E-state index in [-0.39, 0.29) is 18.2 Å². The van der Waals surface area contributed by atoms with Gasteiger partial charge in [-0.2, -0.15) is 5.10 Å². The Bertz CT molecular complexity index is 1060. The number of amides is 1. The van der Waals surface area contributed by atoms with Crippen molar-refractivity contribution in [3.05, 3.63) is 44.9 Å². The number of carbonyl (C=O) groups is 1. The van der Waals surface area contributed by atoms with E-state index < -0.39 is 5.91 Å². The normalized spacial score (nSPS) is 16.4. The third-order valence-corrected chi connectivity index (χ3v) is 5.20. The van der Waals surface area contributed by atoms with E-state index in [4.69, 9.17) is 4.74 Å². The largest absolute Gasteiger partial charge is 0.371 e. The molecule has 28 heavy (non-hydrogen) atoms. The Morgan fingerprint density at radius 2 is 2.18 bits per heavy atom. The third kappa shape index (κ3) is 3.85. The van der Waals surface area contributed by atoms with Crippen LogP contribution in [0.2, 0.25) is 0 Å². The molecule has 1 aliphatic heterocycles. The lowest BCUT2D eigenvalue weighted by Gasteiger charge is -2.08. The maximum absolute atomic E-state index is 12.4. The number of hydrogen-bond donors (Lipinski definition) is 1. The molecule has 0 aromatic carbocycles. The van der Waals surface area contributed by atoms with E-state index >= 15 is 0 Å². The molecule has 1 N–H and O–H groups in total. The number of aryl methyl sites for hydroxylation is 2. The predicted octanol–water partition coefficient (Wildman–Crippen LogP) is 1.39. The van der Waals surface area contributed by atoms with Gasteiger partial charge in [0.15, 0.2) is 5.82 Å². The number of carbonyl (C=O) groups excluding carboxylic acids is 1. The molecule has 0 saturated carbocycles. The summed E-state index contributed by atoms with van der Waals surface area (Å²) in [6.45, 7) is 4.25. The first-order valence-corrected chi connectivity index (χ1v) is 9.68. The molecule has 3 aromatic heterocycles. The summed E-state index contributed by atoms with van der Waals surface area (Å²) >= 11 is 1.28. The maximum Gasteiger partial charge on any atom is 0.267 e. The van der Waals surface area contributed by atoms with Gasteiger partial charge in [-0.1, -0.05) is 11.3 Å². The van der Waals surface area contributed by atoms with Gasteiger partial charge in [0.1, 0.15) is 17.7 Å². The van der Waals surface area contributed by atoms with Crippen LogP contribution in [0, 0.1) is 13.8 Å². The van der Waals surface area contributed by atoms with E-state index in [0.717, 1.165) is 33.9 Å². The second-order valence-corrected chi connectivity index (χ2v) is 7.53. The number of hydrogen-bond acceptors (Lipinski definition) is 8. The zero-order chi connectivity index (χ0) is 19.7. The predicted molar refractivity (Wildman–Crippen MR) is 102 cm³/mol. The number of rotatable bonds is 5. The van der Waals surface area contributed by atoms with Gasteiger partial charge in [0.2, 0.25) is 11.0 Å². The van der Waals surface area contributed by atoms with Gasteiger partial charge in [0, 0.05) is 18.4 Å². The van der Waals surface area contributed by atoms with Gasteiger partial charge in [-0.15, -0.1) is 15.3 Å². The highest BCUT2D eigenvalue weighted by Crippen LogP contribution is 2.31. The van der Waals surface area contributed by atoms with Crippen LogP contribution in [0.4, 0.5) is 5.13 Å². The highest BCUT2D eigenvalue weighted by molar-refractivity contribution is 7.15. The van der Waals surface area contributed by atoms with Crippen LogP contribution in [0.25, 0.3) is 5.82 Å². The fraction of sp³-hybridized carbons (Fsp3) is 0.412. The topological polar surface area (TPSA) is 117 Å². The van der Waals surface area contributed by atoms with Gasteiger partial charge in [-0.3, -0.25) is 14.9 Å². The van der Waals surface area contributed by atoms with Crippen molar-refractivity contribution in [1.82, 2.24) is 29.8 Å². The number of anilines is 1. The molecule has 0 bridgehead atoms. The summed E-state index contributed by atoms with van der Waals surface area (Å²) in [6.07, 6.45) is 1.84. The molecule has 0 aliphatic carbocycles. The molecule has 1 unspecified atom stereocenters. The fourth-order valence-corrected chi connectivity index (χ4v) is 3.85. The quantitative estimate of drug-likeness (QED) is 0.686. The van der Waals surface area contributed by atoms with Gasteiger partial charge in [0.25, 0.3) is 5.56 Å². The maximum atomic E-state index is 12.4. The Hall–Kier alpha value is -2.92. The van der Waals surface area contributed by atoms with Crippen molar-refractivity contribution < 1.29 is 9.53 Å². The van der Waals surface area contributed by atoms with E-state index in [1.54, 1.807) is 10.7 Å². The van der Waals surface area contributed by atoms with E-state index in [1.165, 1.54) is 17.4 Å². The minimum absolute atomic E-state index is 0.0510. The minimum atomic E-state index is -0.407. The first-order chi connectivity index (χ1) is 13.5. The SMILES string of the molecule is Cc1cc(C)n(-c2ccc(=O)n(CC(=O)Nc3nnc(C4CCCO4)s3)n2)n1. The first kappa shape index (κ1) is 18.4. The van der Waals surface area contributed by atoms with Crippen LogP contribution in [0.3, 0.4) is 0 Å². The first-order valence-electron chi connectivity index (χ1n) is 8.86. The van der Waals surface area contributed by atoms with Crippen LogP contribution in [-0.4, -0.2) is 42.3 Å². The summed E-state index contributed by atoms with van der Waals surface area (Å²) in [4.78, 5) is 24.5. The number of nitrogens with one attached hydrogen (secondary N) is 1. The Morgan fingerprint density at radius 3 is 2.89 bits per heavy atom. The lowest BCUT2D eigenvalue weighted by atomic mass is 10.2. The lowest BCUT2D eigenvalue weighted by molar-refractivity contribution is -0.117. The van der Waals surface area contributed by atoms with Crippen LogP contribution in [-0.2, 0) is 16.1 Å². The zero-order valence-electron chi connectivity index (χ0n) is 15.5. The Balaban J connectivity index is 1.47. The van der Waals surface area contributed by atoms with Gasteiger partial charge < -0.3 is 4.74 Å². The average molecular weight is 401 g/mol. The minimum Gasteiger partial charge on any atom is -0.371 e. The molecular weight excluding hydrogens is 382 g/mol. The molecular formula is C17H19N7O3S. The molecule has 1 amide bonds. The highest BCUT2D eigenvalue weighted by atomic mass is 32.1. The van der Waals surface area contributed by atoms with Crippen LogP contribution in [0.1, 0.15) is 35.3 Å². The van der Waals surface area contributed by atoms with Crippen LogP contribution in [0.5, 0.6) is 0 Å². The van der Waals surface area contributed by atoms with Crippen LogP contribution >= 0.6 is 11.3 Å². The molecule has 4 heterocycles. The molecule has 1 atom stereocenters. The highest BCUT2D eigenvalue weighted by Gasteiger charge is 2.22. The molecule has 11 heteroatoms. The second-order valence-electron chi connectivity index (χ2n) is 6.52. The van der Waals surface area contributed by atoms with Gasteiger partial charge >= 0.3 is 0 Å². The van der Waals surface area contributed by atoms with Crippen molar-refractivity contribution >= 4 is 22.4 Å². The Kier molecular flexibility index (Phi) is 5.01. The third-order valence-electron chi connectivity index (χ3n) is 4.26. The molecule has 146 valence electrons. The van der Waals surface area contributed by atoms with Crippen molar-refractivity contribution in [2.24, 2.45) is 0 Å². The molecule has 1 aliphatic rings. The van der Waals surface area contributed by atoms with E-state index in [2.05, 4.69) is 25.7 Å². The van der Waals surface area contributed by atoms with Crippen molar-refractivity contribution in [2.45, 2.75) is 39.3 Å². The van der Waals surface area contributed by atoms with Crippen molar-refractivity contribution in [1.29, 1.82) is 0 Å². The fourth-order valence-electron chi connectivity index (χ4n) is 3.01. The lowest BCUT2D eigenvalue weighted by Crippen LogP contribution is -2.30. The Morgan fingerprint density at radius 1 is 1.32 bits per heavy atom. The standard InChI is InChI=1S/C17H19N7O3S/c1-10-8-11(2)24(21-10)13-5-6-15(26)23(22-13)9-14(25)18-17-20-19-16(28-17)12-4-3-7-27-12/h5-6,8,12H,3-4,7,9H2,1-2H3,(H,18,20,25). The number of nitrogens with zero attached hydrogens (tertiary/aromatic N) is 6. The van der Waals surface area contributed by atoms with Gasteiger partial charge in [-0.25, -0.2) is 9.36 Å². The van der Waals surface area contributed by atoms with E-state index in [1.807, 2.05) is 19.9 Å². The van der Waals surface area contributed by atoms with E-state index in [9.17, 15) is 9.59 Å². The van der Waals surface area contributed by atoms with Gasteiger partial charge in [-0.05, 0) is 38.8 Å². The monoisotopic (exact) mass is 401 g/mol. The summed E-state index contributed by atoms with van der Waals surface area (Å²) in [6, 6.07) is 4.85. The second kappa shape index (κ2) is 7.60. The zero-order valence-corrected chi connectivity index (χ0v) is 16.3. The number of aromatic nitrogens is 6. The average Bonchev–Trinajstić information content (AvgIpc) is 3.38. The summed E-state index contributed by atoms with van der Waals surface area (Å²) in [5.74, 6) is 0.0599. The molecule has 1 fully saturated rings. The summed E-state index contributed by atoms with van der Waals surface area (Å²) < 4.78 is 8.29. The van der Waals surface area contributed by atoms with Crippen molar-refractivity contribution in [3.8, 4) is 5.82 Å². The molecule has 0 radical (unpaired) electrons. The van der Waals surface area contributed by atoms with Crippen molar-refractivity contribution in [2.75, 3.05) is 11.9 Å². The molecule has 10 nitrogen and oxygen atoms in total. The van der Waals surface area contributed by atoms with Crippen LogP contribution in [0.15, 0.2) is 23.0 Å². The molecule has 4 rings (SSSR count). The van der Waals surface area contributed by atoms with Gasteiger partial charge in [0.05, 0.1) is 5.69 Å². The molecule has 0 spiro atoms. The van der Waals surface area contributed by atoms with Crippen LogP contribution < -0.4 is 10.9 Å². The summed E-state index contributed by atoms with van der Waals surface area (Å²) in [5, 5.41) is 20.4. The van der Waals surface area contributed by atoms with Crippen molar-refractivity contribution in [3.63, 3.8) is 0 Å². The Labute approximate surface area is 164 Å². The number of ether oxygens (including phenoxy) is 1. The molecule has 1 saturated heterocycles.